The van der Waals surface area contributed by atoms with Gasteiger partial charge in [-0.25, -0.2) is 0 Å². The summed E-state index contributed by atoms with van der Waals surface area (Å²) >= 11 is 0. The number of allylic oxidation sites excluding steroid dienone is 1. The third-order valence-electron chi connectivity index (χ3n) is 1.69. The Morgan fingerprint density at radius 2 is 1.91 bits per heavy atom. The molecule has 0 radical (unpaired) electrons. The molecule has 0 heterocycles. The molecule has 0 unspecified atom stereocenters. The minimum Gasteiger partial charge on any atom is -0.389 e. The van der Waals surface area contributed by atoms with Gasteiger partial charge in [-0.3, -0.25) is 0 Å². The van der Waals surface area contributed by atoms with Gasteiger partial charge in [0.25, 0.3) is 0 Å². The lowest BCUT2D eigenvalue weighted by atomic mass is 10.0. The largest absolute Gasteiger partial charge is 0.389 e. The van der Waals surface area contributed by atoms with Gasteiger partial charge in [-0.15, -0.1) is 0 Å². The van der Waals surface area contributed by atoms with Gasteiger partial charge in [0.1, 0.15) is 0 Å². The van der Waals surface area contributed by atoms with E-state index in [1.165, 1.54) is 5.57 Å². The van der Waals surface area contributed by atoms with Gasteiger partial charge in [0, 0.05) is 12.2 Å². The molecule has 11 heavy (non-hydrogen) atoms. The number of nitrogens with one attached hydrogen (secondary N) is 1. The molecule has 0 aromatic rings. The van der Waals surface area contributed by atoms with Gasteiger partial charge in [-0.1, -0.05) is 32.6 Å². The molecule has 0 aromatic carbocycles. The Labute approximate surface area is 70.2 Å². The summed E-state index contributed by atoms with van der Waals surface area (Å²) in [6, 6.07) is 0. The predicted octanol–water partition coefficient (Wildman–Crippen LogP) is 2.71. The van der Waals surface area contributed by atoms with E-state index in [2.05, 4.69) is 32.3 Å². The van der Waals surface area contributed by atoms with Crippen molar-refractivity contribution in [3.8, 4) is 0 Å². The van der Waals surface area contributed by atoms with Gasteiger partial charge < -0.3 is 5.32 Å². The van der Waals surface area contributed by atoms with Crippen LogP contribution in [0.5, 0.6) is 0 Å². The summed E-state index contributed by atoms with van der Waals surface area (Å²) < 4.78 is 0. The second kappa shape index (κ2) is 5.00. The maximum absolute atomic E-state index is 3.98. The first-order valence-electron chi connectivity index (χ1n) is 4.11. The minimum absolute atomic E-state index is 0.599. The van der Waals surface area contributed by atoms with Crippen molar-refractivity contribution >= 4 is 0 Å². The molecular weight excluding hydrogens is 134 g/mol. The zero-order chi connectivity index (χ0) is 8.85. The molecular formula is C10H19N. The highest BCUT2D eigenvalue weighted by Crippen LogP contribution is 2.09. The second-order valence-corrected chi connectivity index (χ2v) is 3.27. The van der Waals surface area contributed by atoms with E-state index in [-0.39, 0.29) is 0 Å². The van der Waals surface area contributed by atoms with Crippen LogP contribution in [0.3, 0.4) is 0 Å². The molecule has 0 aliphatic heterocycles. The Morgan fingerprint density at radius 1 is 1.36 bits per heavy atom. The molecule has 0 amide bonds. The van der Waals surface area contributed by atoms with Crippen molar-refractivity contribution in [2.24, 2.45) is 5.92 Å². The summed E-state index contributed by atoms with van der Waals surface area (Å²) in [7, 11) is 0. The Kier molecular flexibility index (Phi) is 4.67. The summed E-state index contributed by atoms with van der Waals surface area (Å²) in [6.45, 7) is 15.0. The SMILES string of the molecule is C=C(C)NCCC(=C)C(C)C. The van der Waals surface area contributed by atoms with Crippen molar-refractivity contribution in [1.82, 2.24) is 5.32 Å². The van der Waals surface area contributed by atoms with Crippen LogP contribution >= 0.6 is 0 Å². The summed E-state index contributed by atoms with van der Waals surface area (Å²) in [5.41, 5.74) is 2.33. The zero-order valence-electron chi connectivity index (χ0n) is 7.91. The first-order chi connectivity index (χ1) is 5.04. The third kappa shape index (κ3) is 5.71. The molecule has 0 aliphatic carbocycles. The molecule has 0 saturated heterocycles. The van der Waals surface area contributed by atoms with E-state index in [9.17, 15) is 0 Å². The number of rotatable bonds is 5. The summed E-state index contributed by atoms with van der Waals surface area (Å²) in [4.78, 5) is 0. The monoisotopic (exact) mass is 153 g/mol. The molecule has 0 fully saturated rings. The molecule has 0 saturated carbocycles. The molecule has 0 spiro atoms. The van der Waals surface area contributed by atoms with Gasteiger partial charge in [0.05, 0.1) is 0 Å². The summed E-state index contributed by atoms with van der Waals surface area (Å²) in [6.07, 6.45) is 1.05. The lowest BCUT2D eigenvalue weighted by Gasteiger charge is -2.10. The van der Waals surface area contributed by atoms with Crippen molar-refractivity contribution in [2.45, 2.75) is 27.2 Å². The van der Waals surface area contributed by atoms with Crippen LogP contribution in [0.4, 0.5) is 0 Å². The zero-order valence-corrected chi connectivity index (χ0v) is 7.91. The van der Waals surface area contributed by atoms with Gasteiger partial charge in [0.2, 0.25) is 0 Å². The van der Waals surface area contributed by atoms with Crippen LogP contribution < -0.4 is 5.32 Å². The fraction of sp³-hybridized carbons (Fsp3) is 0.600. The van der Waals surface area contributed by atoms with Gasteiger partial charge in [-0.2, -0.15) is 0 Å². The fourth-order valence-electron chi connectivity index (χ4n) is 0.725. The average Bonchev–Trinajstić information content (AvgIpc) is 1.86. The van der Waals surface area contributed by atoms with Crippen LogP contribution in [0, 0.1) is 5.92 Å². The van der Waals surface area contributed by atoms with E-state index < -0.39 is 0 Å². The molecule has 64 valence electrons. The highest BCUT2D eigenvalue weighted by molar-refractivity contribution is 4.98. The molecule has 0 atom stereocenters. The highest BCUT2D eigenvalue weighted by atomic mass is 14.9. The molecule has 0 aliphatic rings. The Balaban J connectivity index is 3.39. The van der Waals surface area contributed by atoms with Gasteiger partial charge in [0.15, 0.2) is 0 Å². The Hall–Kier alpha value is -0.720. The highest BCUT2D eigenvalue weighted by Gasteiger charge is 1.98. The maximum atomic E-state index is 3.98. The topological polar surface area (TPSA) is 12.0 Å². The van der Waals surface area contributed by atoms with E-state index in [0.29, 0.717) is 5.92 Å². The first kappa shape index (κ1) is 10.3. The first-order valence-corrected chi connectivity index (χ1v) is 4.11. The quantitative estimate of drug-likeness (QED) is 0.599. The summed E-state index contributed by atoms with van der Waals surface area (Å²) in [5, 5.41) is 3.18. The van der Waals surface area contributed by atoms with Crippen LogP contribution in [-0.2, 0) is 0 Å². The fourth-order valence-corrected chi connectivity index (χ4v) is 0.725. The van der Waals surface area contributed by atoms with Crippen molar-refractivity contribution in [3.63, 3.8) is 0 Å². The number of hydrogen-bond acceptors (Lipinski definition) is 1. The van der Waals surface area contributed by atoms with Crippen LogP contribution in [-0.4, -0.2) is 6.54 Å². The summed E-state index contributed by atoms with van der Waals surface area (Å²) in [5.74, 6) is 0.599. The smallest absolute Gasteiger partial charge is 0.0180 e. The van der Waals surface area contributed by atoms with E-state index in [1.54, 1.807) is 0 Å². The second-order valence-electron chi connectivity index (χ2n) is 3.27. The molecule has 1 heteroatoms. The van der Waals surface area contributed by atoms with E-state index in [0.717, 1.165) is 18.7 Å². The lowest BCUT2D eigenvalue weighted by Crippen LogP contribution is -2.13. The van der Waals surface area contributed by atoms with E-state index in [1.807, 2.05) is 6.92 Å². The average molecular weight is 153 g/mol. The van der Waals surface area contributed by atoms with Crippen LogP contribution in [0.2, 0.25) is 0 Å². The van der Waals surface area contributed by atoms with Gasteiger partial charge >= 0.3 is 0 Å². The minimum atomic E-state index is 0.599. The van der Waals surface area contributed by atoms with Crippen molar-refractivity contribution < 1.29 is 0 Å². The maximum Gasteiger partial charge on any atom is 0.0180 e. The predicted molar refractivity (Wildman–Crippen MR) is 51.4 cm³/mol. The van der Waals surface area contributed by atoms with E-state index in [4.69, 9.17) is 0 Å². The normalized spacial score (nSPS) is 9.82. The van der Waals surface area contributed by atoms with Crippen molar-refractivity contribution in [3.05, 3.63) is 24.4 Å². The van der Waals surface area contributed by atoms with Crippen molar-refractivity contribution in [2.75, 3.05) is 6.54 Å². The Morgan fingerprint density at radius 3 is 2.27 bits per heavy atom. The standard InChI is InChI=1S/C10H19N/c1-8(2)10(5)6-7-11-9(3)4/h8,11H,3,5-7H2,1-2,4H3. The lowest BCUT2D eigenvalue weighted by molar-refractivity contribution is 0.684. The molecule has 0 rings (SSSR count). The molecule has 1 nitrogen and oxygen atoms in total. The van der Waals surface area contributed by atoms with Crippen LogP contribution in [0.25, 0.3) is 0 Å². The van der Waals surface area contributed by atoms with Crippen LogP contribution in [0.1, 0.15) is 27.2 Å². The van der Waals surface area contributed by atoms with E-state index >= 15 is 0 Å². The van der Waals surface area contributed by atoms with Gasteiger partial charge in [-0.05, 0) is 19.3 Å². The molecule has 1 N–H and O–H groups in total. The third-order valence-corrected chi connectivity index (χ3v) is 1.69. The van der Waals surface area contributed by atoms with Crippen LogP contribution in [0.15, 0.2) is 24.4 Å². The molecule has 0 bridgehead atoms. The number of hydrogen-bond donors (Lipinski definition) is 1. The Bertz CT molecular complexity index is 145. The van der Waals surface area contributed by atoms with Crippen molar-refractivity contribution in [1.29, 1.82) is 0 Å². The molecule has 0 aromatic heterocycles.